The molecule has 0 saturated carbocycles. The maximum absolute atomic E-state index is 2.47. The molecule has 4 heterocycles. The standard InChI is InChI=1S/C38H25NS2Si/c1-4-12-27(13-5-1)39-32-22-23-40-37(32)38-33(39)25-34(41-38)26-20-21-36-31(24-26)30-18-10-11-19-35(30)42(36,28-14-6-2-7-15-28)29-16-8-3-9-17-29/h1-25H. The van der Waals surface area contributed by atoms with Crippen LogP contribution in [0.15, 0.2) is 151 Å². The van der Waals surface area contributed by atoms with Crippen molar-refractivity contribution in [3.63, 3.8) is 0 Å². The number of nitrogens with zero attached hydrogens (tertiary/aromatic N) is 1. The van der Waals surface area contributed by atoms with E-state index in [1.807, 2.05) is 22.7 Å². The van der Waals surface area contributed by atoms with Crippen molar-refractivity contribution < 1.29 is 0 Å². The highest BCUT2D eigenvalue weighted by Gasteiger charge is 2.48. The van der Waals surface area contributed by atoms with E-state index < -0.39 is 8.07 Å². The van der Waals surface area contributed by atoms with E-state index in [1.54, 1.807) is 0 Å². The second-order valence-electron chi connectivity index (χ2n) is 10.9. The van der Waals surface area contributed by atoms with Gasteiger partial charge in [0.25, 0.3) is 0 Å². The summed E-state index contributed by atoms with van der Waals surface area (Å²) in [6.45, 7) is 0. The molecule has 3 aromatic heterocycles. The predicted octanol–water partition coefficient (Wildman–Crippen LogP) is 7.93. The van der Waals surface area contributed by atoms with E-state index in [1.165, 1.54) is 68.4 Å². The van der Waals surface area contributed by atoms with Gasteiger partial charge in [-0.2, -0.15) is 0 Å². The van der Waals surface area contributed by atoms with Gasteiger partial charge in [0, 0.05) is 10.6 Å². The van der Waals surface area contributed by atoms with Crippen molar-refractivity contribution in [3.8, 4) is 27.3 Å². The molecule has 1 aliphatic rings. The van der Waals surface area contributed by atoms with E-state index in [9.17, 15) is 0 Å². The molecule has 198 valence electrons. The number of thiophene rings is 2. The van der Waals surface area contributed by atoms with Crippen molar-refractivity contribution >= 4 is 71.9 Å². The Hall–Kier alpha value is -4.48. The van der Waals surface area contributed by atoms with Gasteiger partial charge >= 0.3 is 0 Å². The van der Waals surface area contributed by atoms with Crippen LogP contribution in [0.5, 0.6) is 0 Å². The fraction of sp³-hybridized carbons (Fsp3) is 0. The Kier molecular flexibility index (Phi) is 5.33. The molecule has 9 rings (SSSR count). The fourth-order valence-electron chi connectivity index (χ4n) is 7.09. The van der Waals surface area contributed by atoms with Gasteiger partial charge in [0.1, 0.15) is 0 Å². The molecular weight excluding hydrogens is 563 g/mol. The van der Waals surface area contributed by atoms with Crippen LogP contribution in [0.25, 0.3) is 47.7 Å². The highest BCUT2D eigenvalue weighted by molar-refractivity contribution is 7.28. The summed E-state index contributed by atoms with van der Waals surface area (Å²) in [6, 6.07) is 54.3. The lowest BCUT2D eigenvalue weighted by molar-refractivity contribution is 1.19. The van der Waals surface area contributed by atoms with E-state index in [2.05, 4.69) is 156 Å². The van der Waals surface area contributed by atoms with Gasteiger partial charge < -0.3 is 4.57 Å². The third-order valence-corrected chi connectivity index (χ3v) is 15.9. The molecule has 5 aromatic carbocycles. The van der Waals surface area contributed by atoms with Crippen LogP contribution < -0.4 is 20.7 Å². The molecule has 1 nitrogen and oxygen atoms in total. The molecular formula is C38H25NS2Si. The number of aromatic nitrogens is 1. The molecule has 0 spiro atoms. The van der Waals surface area contributed by atoms with E-state index in [0.717, 1.165) is 0 Å². The number of rotatable bonds is 4. The van der Waals surface area contributed by atoms with E-state index >= 15 is 0 Å². The molecule has 0 atom stereocenters. The van der Waals surface area contributed by atoms with Crippen LogP contribution in [0.1, 0.15) is 0 Å². The van der Waals surface area contributed by atoms with Crippen LogP contribution in [0.3, 0.4) is 0 Å². The minimum atomic E-state index is -2.45. The smallest absolute Gasteiger partial charge is 0.180 e. The zero-order chi connectivity index (χ0) is 27.7. The number of hydrogen-bond donors (Lipinski definition) is 0. The average Bonchev–Trinajstić information content (AvgIpc) is 3.82. The monoisotopic (exact) mass is 587 g/mol. The first-order valence-electron chi connectivity index (χ1n) is 14.3. The molecule has 0 aliphatic carbocycles. The van der Waals surface area contributed by atoms with E-state index in [0.29, 0.717) is 0 Å². The van der Waals surface area contributed by atoms with Crippen LogP contribution in [-0.4, -0.2) is 12.6 Å². The number of benzene rings is 5. The lowest BCUT2D eigenvalue weighted by Crippen LogP contribution is -2.72. The molecule has 0 bridgehead atoms. The first-order chi connectivity index (χ1) is 20.8. The Morgan fingerprint density at radius 2 is 1.14 bits per heavy atom. The lowest BCUT2D eigenvalue weighted by atomic mass is 10.0. The van der Waals surface area contributed by atoms with Crippen molar-refractivity contribution in [1.29, 1.82) is 0 Å². The van der Waals surface area contributed by atoms with Gasteiger partial charge in [-0.05, 0) is 73.1 Å². The number of hydrogen-bond acceptors (Lipinski definition) is 2. The largest absolute Gasteiger partial charge is 0.307 e. The molecule has 0 saturated heterocycles. The maximum Gasteiger partial charge on any atom is 0.180 e. The summed E-state index contributed by atoms with van der Waals surface area (Å²) in [5, 5.41) is 8.07. The predicted molar refractivity (Wildman–Crippen MR) is 185 cm³/mol. The lowest BCUT2D eigenvalue weighted by Gasteiger charge is -2.31. The molecule has 0 fully saturated rings. The van der Waals surface area contributed by atoms with Crippen LogP contribution in [0, 0.1) is 0 Å². The van der Waals surface area contributed by atoms with Crippen LogP contribution in [0.2, 0.25) is 0 Å². The topological polar surface area (TPSA) is 4.93 Å². The highest BCUT2D eigenvalue weighted by Crippen LogP contribution is 2.44. The van der Waals surface area contributed by atoms with Crippen LogP contribution in [-0.2, 0) is 0 Å². The summed E-state index contributed by atoms with van der Waals surface area (Å²) in [7, 11) is -2.45. The summed E-state index contributed by atoms with van der Waals surface area (Å²) in [4.78, 5) is 1.32. The Morgan fingerprint density at radius 3 is 1.88 bits per heavy atom. The Balaban J connectivity index is 1.29. The molecule has 0 radical (unpaired) electrons. The Morgan fingerprint density at radius 1 is 0.500 bits per heavy atom. The van der Waals surface area contributed by atoms with Crippen LogP contribution in [0.4, 0.5) is 0 Å². The van der Waals surface area contributed by atoms with Crippen molar-refractivity contribution in [2.75, 3.05) is 0 Å². The summed E-state index contributed by atoms with van der Waals surface area (Å²) in [6.07, 6.45) is 0. The SMILES string of the molecule is c1ccc(-n2c3ccsc3c3sc(-c4ccc5c(c4)-c4ccccc4[Si]5(c4ccccc4)c4ccccc4)cc32)cc1. The number of para-hydroxylation sites is 1. The quantitative estimate of drug-likeness (QED) is 0.184. The van der Waals surface area contributed by atoms with Crippen molar-refractivity contribution in [3.05, 3.63) is 151 Å². The first kappa shape index (κ1) is 24.1. The first-order valence-corrected chi connectivity index (χ1v) is 18.0. The second-order valence-corrected chi connectivity index (χ2v) is 16.6. The number of fused-ring (bicyclic) bond motifs is 6. The molecule has 0 unspecified atom stereocenters. The summed E-state index contributed by atoms with van der Waals surface area (Å²) >= 11 is 3.76. The van der Waals surface area contributed by atoms with Crippen LogP contribution >= 0.6 is 22.7 Å². The van der Waals surface area contributed by atoms with E-state index in [-0.39, 0.29) is 0 Å². The summed E-state index contributed by atoms with van der Waals surface area (Å²) in [5.41, 5.74) is 7.85. The molecule has 0 amide bonds. The third kappa shape index (κ3) is 3.28. The Labute approximate surface area is 253 Å². The second kappa shape index (κ2) is 9.26. The third-order valence-electron chi connectivity index (χ3n) is 8.80. The zero-order valence-electron chi connectivity index (χ0n) is 22.7. The van der Waals surface area contributed by atoms with Gasteiger partial charge in [0.05, 0.1) is 20.4 Å². The van der Waals surface area contributed by atoms with Crippen molar-refractivity contribution in [1.82, 2.24) is 4.57 Å². The molecule has 0 N–H and O–H groups in total. The Bertz CT molecular complexity index is 2200. The minimum Gasteiger partial charge on any atom is -0.307 e. The van der Waals surface area contributed by atoms with Gasteiger partial charge in [-0.1, -0.05) is 115 Å². The van der Waals surface area contributed by atoms with Crippen molar-refractivity contribution in [2.45, 2.75) is 0 Å². The van der Waals surface area contributed by atoms with Gasteiger partial charge in [0.15, 0.2) is 8.07 Å². The molecule has 8 aromatic rings. The van der Waals surface area contributed by atoms with Gasteiger partial charge in [-0.15, -0.1) is 22.7 Å². The molecule has 4 heteroatoms. The fourth-order valence-corrected chi connectivity index (χ4v) is 14.4. The maximum atomic E-state index is 2.47. The van der Waals surface area contributed by atoms with Gasteiger partial charge in [-0.25, -0.2) is 0 Å². The average molecular weight is 588 g/mol. The molecule has 42 heavy (non-hydrogen) atoms. The van der Waals surface area contributed by atoms with Gasteiger partial charge in [-0.3, -0.25) is 0 Å². The zero-order valence-corrected chi connectivity index (χ0v) is 25.3. The summed E-state index contributed by atoms with van der Waals surface area (Å²) < 4.78 is 5.17. The van der Waals surface area contributed by atoms with Gasteiger partial charge in [0.2, 0.25) is 0 Å². The minimum absolute atomic E-state index is 1.21. The van der Waals surface area contributed by atoms with Crippen molar-refractivity contribution in [2.24, 2.45) is 0 Å². The molecule has 1 aliphatic heterocycles. The van der Waals surface area contributed by atoms with E-state index in [4.69, 9.17) is 0 Å². The highest BCUT2D eigenvalue weighted by atomic mass is 32.1. The normalized spacial score (nSPS) is 13.4. The summed E-state index contributed by atoms with van der Waals surface area (Å²) in [5.74, 6) is 0.